The zero-order valence-electron chi connectivity index (χ0n) is 9.82. The lowest BCUT2D eigenvalue weighted by Gasteiger charge is -2.36. The van der Waals surface area contributed by atoms with Gasteiger partial charge in [-0.3, -0.25) is 0 Å². The topological polar surface area (TPSA) is 20.2 Å². The maximum atomic E-state index is 9.46. The van der Waals surface area contributed by atoms with Gasteiger partial charge in [-0.05, 0) is 49.9 Å². The van der Waals surface area contributed by atoms with E-state index in [9.17, 15) is 5.11 Å². The summed E-state index contributed by atoms with van der Waals surface area (Å²) < 4.78 is 0. The normalized spacial score (nSPS) is 38.1. The molecule has 0 spiro atoms. The van der Waals surface area contributed by atoms with Crippen LogP contribution in [-0.4, -0.2) is 11.2 Å². The molecule has 0 saturated heterocycles. The van der Waals surface area contributed by atoms with Crippen LogP contribution < -0.4 is 0 Å². The molecule has 0 unspecified atom stereocenters. The summed E-state index contributed by atoms with van der Waals surface area (Å²) in [6, 6.07) is 0. The molecule has 0 aliphatic heterocycles. The number of rotatable bonds is 3. The molecule has 0 aromatic heterocycles. The van der Waals surface area contributed by atoms with E-state index in [0.717, 1.165) is 12.3 Å². The third-order valence-electron chi connectivity index (χ3n) is 3.99. The van der Waals surface area contributed by atoms with Gasteiger partial charge >= 0.3 is 0 Å². The lowest BCUT2D eigenvalue weighted by Crippen LogP contribution is -2.28. The van der Waals surface area contributed by atoms with Crippen molar-refractivity contribution in [2.24, 2.45) is 23.7 Å². The fraction of sp³-hybridized carbons (Fsp3) is 0.714. The zero-order chi connectivity index (χ0) is 11.0. The van der Waals surface area contributed by atoms with Crippen LogP contribution in [0.5, 0.6) is 0 Å². The molecule has 1 nitrogen and oxygen atoms in total. The minimum atomic E-state index is -0.184. The van der Waals surface area contributed by atoms with E-state index in [1.807, 2.05) is 6.92 Å². The lowest BCUT2D eigenvalue weighted by atomic mass is 9.69. The van der Waals surface area contributed by atoms with Crippen molar-refractivity contribution in [2.75, 3.05) is 0 Å². The average molecular weight is 206 g/mol. The van der Waals surface area contributed by atoms with Crippen LogP contribution in [0, 0.1) is 23.7 Å². The second-order valence-corrected chi connectivity index (χ2v) is 5.49. The molecule has 1 fully saturated rings. The highest BCUT2D eigenvalue weighted by Crippen LogP contribution is 2.46. The molecule has 0 heterocycles. The van der Waals surface area contributed by atoms with Gasteiger partial charge < -0.3 is 5.11 Å². The third kappa shape index (κ3) is 2.17. The SMILES string of the molecule is C=C1C[C@@H]2C=C[C@@H](C2)[C@@H]1[C@@H](C)C[C@H](C)O. The van der Waals surface area contributed by atoms with Crippen molar-refractivity contribution in [3.8, 4) is 0 Å². The molecule has 1 N–H and O–H groups in total. The van der Waals surface area contributed by atoms with E-state index in [0.29, 0.717) is 17.8 Å². The monoisotopic (exact) mass is 206 g/mol. The van der Waals surface area contributed by atoms with E-state index in [4.69, 9.17) is 0 Å². The average Bonchev–Trinajstić information content (AvgIpc) is 2.46. The van der Waals surface area contributed by atoms with Crippen molar-refractivity contribution in [1.82, 2.24) is 0 Å². The lowest BCUT2D eigenvalue weighted by molar-refractivity contribution is 0.136. The van der Waals surface area contributed by atoms with Crippen LogP contribution in [0.2, 0.25) is 0 Å². The first-order valence-corrected chi connectivity index (χ1v) is 6.12. The Morgan fingerprint density at radius 1 is 1.47 bits per heavy atom. The van der Waals surface area contributed by atoms with Crippen molar-refractivity contribution in [1.29, 1.82) is 0 Å². The van der Waals surface area contributed by atoms with Crippen LogP contribution in [0.25, 0.3) is 0 Å². The molecule has 1 heteroatoms. The van der Waals surface area contributed by atoms with E-state index in [1.165, 1.54) is 18.4 Å². The van der Waals surface area contributed by atoms with Crippen molar-refractivity contribution < 1.29 is 5.11 Å². The molecule has 2 aliphatic carbocycles. The molecule has 0 aromatic rings. The predicted octanol–water partition coefficient (Wildman–Crippen LogP) is 3.16. The minimum Gasteiger partial charge on any atom is -0.393 e. The standard InChI is InChI=1S/C14H22O/c1-9(6-11(3)15)14-10(2)7-12-4-5-13(14)8-12/h4-5,9,11-15H,2,6-8H2,1,3H3/t9-,11-,12-,13-,14+/m0/s1. The van der Waals surface area contributed by atoms with Gasteiger partial charge in [-0.1, -0.05) is 31.2 Å². The van der Waals surface area contributed by atoms with E-state index in [1.54, 1.807) is 0 Å². The van der Waals surface area contributed by atoms with Gasteiger partial charge in [0.1, 0.15) is 0 Å². The molecule has 2 bridgehead atoms. The molecule has 84 valence electrons. The summed E-state index contributed by atoms with van der Waals surface area (Å²) in [6.07, 6.45) is 7.95. The van der Waals surface area contributed by atoms with Crippen molar-refractivity contribution >= 4 is 0 Å². The van der Waals surface area contributed by atoms with Gasteiger partial charge in [-0.25, -0.2) is 0 Å². The van der Waals surface area contributed by atoms with Crippen molar-refractivity contribution in [3.05, 3.63) is 24.3 Å². The quantitative estimate of drug-likeness (QED) is 0.703. The van der Waals surface area contributed by atoms with Crippen LogP contribution in [0.1, 0.15) is 33.1 Å². The first-order chi connectivity index (χ1) is 7.08. The van der Waals surface area contributed by atoms with Gasteiger partial charge in [0.2, 0.25) is 0 Å². The van der Waals surface area contributed by atoms with Gasteiger partial charge in [0.15, 0.2) is 0 Å². The molecule has 0 amide bonds. The Labute approximate surface area is 92.9 Å². The highest BCUT2D eigenvalue weighted by molar-refractivity contribution is 5.20. The maximum Gasteiger partial charge on any atom is 0.0514 e. The first kappa shape index (κ1) is 10.9. The Morgan fingerprint density at radius 3 is 2.87 bits per heavy atom. The number of hydrogen-bond acceptors (Lipinski definition) is 1. The number of hydrogen-bond donors (Lipinski definition) is 1. The number of aliphatic hydroxyl groups excluding tert-OH is 1. The number of allylic oxidation sites excluding steroid dienone is 3. The van der Waals surface area contributed by atoms with Gasteiger partial charge in [0, 0.05) is 0 Å². The van der Waals surface area contributed by atoms with Gasteiger partial charge in [-0.2, -0.15) is 0 Å². The van der Waals surface area contributed by atoms with E-state index >= 15 is 0 Å². The predicted molar refractivity (Wildman–Crippen MR) is 63.4 cm³/mol. The summed E-state index contributed by atoms with van der Waals surface area (Å²) in [5.74, 6) is 2.63. The Balaban J connectivity index is 2.06. The molecular weight excluding hydrogens is 184 g/mol. The molecule has 0 radical (unpaired) electrons. The van der Waals surface area contributed by atoms with Crippen LogP contribution in [-0.2, 0) is 0 Å². The molecule has 5 atom stereocenters. The minimum absolute atomic E-state index is 0.184. The summed E-state index contributed by atoms with van der Waals surface area (Å²) >= 11 is 0. The number of aliphatic hydroxyl groups is 1. The summed E-state index contributed by atoms with van der Waals surface area (Å²) in [5, 5.41) is 9.46. The fourth-order valence-electron chi connectivity index (χ4n) is 3.51. The Kier molecular flexibility index (Phi) is 3.01. The van der Waals surface area contributed by atoms with Crippen LogP contribution in [0.3, 0.4) is 0 Å². The number of fused-ring (bicyclic) bond motifs is 2. The third-order valence-corrected chi connectivity index (χ3v) is 3.99. The molecule has 2 rings (SSSR count). The zero-order valence-corrected chi connectivity index (χ0v) is 9.82. The molecule has 2 aliphatic rings. The van der Waals surface area contributed by atoms with E-state index in [-0.39, 0.29) is 6.10 Å². The van der Waals surface area contributed by atoms with Crippen molar-refractivity contribution in [3.63, 3.8) is 0 Å². The smallest absolute Gasteiger partial charge is 0.0514 e. The highest BCUT2D eigenvalue weighted by atomic mass is 16.3. The molecule has 15 heavy (non-hydrogen) atoms. The molecule has 0 aromatic carbocycles. The Morgan fingerprint density at radius 2 is 2.20 bits per heavy atom. The second-order valence-electron chi connectivity index (χ2n) is 5.49. The Hall–Kier alpha value is -0.560. The summed E-state index contributed by atoms with van der Waals surface area (Å²) in [7, 11) is 0. The van der Waals surface area contributed by atoms with Crippen LogP contribution in [0.15, 0.2) is 24.3 Å². The second kappa shape index (κ2) is 4.13. The fourth-order valence-corrected chi connectivity index (χ4v) is 3.51. The first-order valence-electron chi connectivity index (χ1n) is 6.12. The molecule has 1 saturated carbocycles. The van der Waals surface area contributed by atoms with E-state index < -0.39 is 0 Å². The van der Waals surface area contributed by atoms with E-state index in [2.05, 4.69) is 25.7 Å². The molecular formula is C14H22O. The van der Waals surface area contributed by atoms with Crippen molar-refractivity contribution in [2.45, 2.75) is 39.2 Å². The van der Waals surface area contributed by atoms with Crippen LogP contribution in [0.4, 0.5) is 0 Å². The summed E-state index contributed by atoms with van der Waals surface area (Å²) in [4.78, 5) is 0. The van der Waals surface area contributed by atoms with Gasteiger partial charge in [0.05, 0.1) is 6.10 Å². The summed E-state index contributed by atoms with van der Waals surface area (Å²) in [6.45, 7) is 8.39. The van der Waals surface area contributed by atoms with Gasteiger partial charge in [-0.15, -0.1) is 0 Å². The van der Waals surface area contributed by atoms with Crippen LogP contribution >= 0.6 is 0 Å². The van der Waals surface area contributed by atoms with Gasteiger partial charge in [0.25, 0.3) is 0 Å². The Bertz CT molecular complexity index is 277. The highest BCUT2D eigenvalue weighted by Gasteiger charge is 2.37. The summed E-state index contributed by atoms with van der Waals surface area (Å²) in [5.41, 5.74) is 1.41. The largest absolute Gasteiger partial charge is 0.393 e. The maximum absolute atomic E-state index is 9.46.